The van der Waals surface area contributed by atoms with Crippen molar-refractivity contribution in [1.29, 1.82) is 0 Å². The molecule has 0 radical (unpaired) electrons. The molecule has 1 aromatic heterocycles. The third kappa shape index (κ3) is 3.34. The van der Waals surface area contributed by atoms with Crippen LogP contribution in [0.1, 0.15) is 30.4 Å². The fraction of sp³-hybridized carbons (Fsp3) is 0.286. The van der Waals surface area contributed by atoms with Gasteiger partial charge >= 0.3 is 0 Å². The first-order valence-corrected chi connectivity index (χ1v) is 7.37. The Morgan fingerprint density at radius 1 is 1.22 bits per heavy atom. The molecule has 0 aliphatic heterocycles. The number of thiophene rings is 1. The van der Waals surface area contributed by atoms with Gasteiger partial charge in [0.1, 0.15) is 11.9 Å². The smallest absolute Gasteiger partial charge is 0.120 e. The minimum atomic E-state index is -0.600. The van der Waals surface area contributed by atoms with Crippen LogP contribution in [0, 0.1) is 0 Å². The van der Waals surface area contributed by atoms with Gasteiger partial charge in [-0.05, 0) is 59.6 Å². The summed E-state index contributed by atoms with van der Waals surface area (Å²) in [4.78, 5) is 0.920. The Balaban J connectivity index is 2.22. The number of aliphatic hydroxyl groups is 1. The molecule has 0 spiro atoms. The van der Waals surface area contributed by atoms with Gasteiger partial charge in [-0.1, -0.05) is 12.1 Å². The van der Waals surface area contributed by atoms with Crippen molar-refractivity contribution in [3.63, 3.8) is 0 Å². The van der Waals surface area contributed by atoms with Crippen LogP contribution in [0.3, 0.4) is 0 Å². The van der Waals surface area contributed by atoms with Gasteiger partial charge in [0.2, 0.25) is 0 Å². The summed E-state index contributed by atoms with van der Waals surface area (Å²) in [5.41, 5.74) is 0.850. The number of benzene rings is 1. The van der Waals surface area contributed by atoms with Gasteiger partial charge in [-0.3, -0.25) is 0 Å². The molecule has 4 heteroatoms. The first-order valence-electron chi connectivity index (χ1n) is 5.76. The second-order valence-corrected chi connectivity index (χ2v) is 6.78. The molecular weight excluding hydrogens is 312 g/mol. The zero-order valence-corrected chi connectivity index (χ0v) is 12.7. The molecule has 96 valence electrons. The molecule has 0 bridgehead atoms. The molecule has 0 saturated carbocycles. The molecule has 0 amide bonds. The maximum absolute atomic E-state index is 10.3. The quantitative estimate of drug-likeness (QED) is 0.903. The van der Waals surface area contributed by atoms with E-state index in [1.165, 1.54) is 11.3 Å². The molecule has 0 saturated heterocycles. The molecule has 1 N–H and O–H groups in total. The summed E-state index contributed by atoms with van der Waals surface area (Å²) in [6.07, 6.45) is -0.467. The molecule has 1 aromatic carbocycles. The lowest BCUT2D eigenvalue weighted by Gasteiger charge is -2.13. The molecule has 1 atom stereocenters. The van der Waals surface area contributed by atoms with Crippen molar-refractivity contribution in [2.45, 2.75) is 26.1 Å². The molecule has 2 rings (SSSR count). The van der Waals surface area contributed by atoms with Crippen LogP contribution in [0.25, 0.3) is 0 Å². The average molecular weight is 327 g/mol. The highest BCUT2D eigenvalue weighted by Crippen LogP contribution is 2.32. The minimum absolute atomic E-state index is 0.133. The van der Waals surface area contributed by atoms with Crippen LogP contribution in [0.5, 0.6) is 5.75 Å². The Bertz CT molecular complexity index is 522. The lowest BCUT2D eigenvalue weighted by atomic mass is 10.1. The average Bonchev–Trinajstić information content (AvgIpc) is 2.74. The van der Waals surface area contributed by atoms with E-state index in [-0.39, 0.29) is 6.10 Å². The molecule has 2 nitrogen and oxygen atoms in total. The molecule has 0 aliphatic carbocycles. The highest BCUT2D eigenvalue weighted by atomic mass is 79.9. The normalized spacial score (nSPS) is 12.7. The molecule has 18 heavy (non-hydrogen) atoms. The van der Waals surface area contributed by atoms with Crippen molar-refractivity contribution >= 4 is 27.3 Å². The fourth-order valence-corrected chi connectivity index (χ4v) is 3.11. The van der Waals surface area contributed by atoms with Crippen LogP contribution in [0.4, 0.5) is 0 Å². The number of halogens is 1. The van der Waals surface area contributed by atoms with Gasteiger partial charge in [-0.15, -0.1) is 11.3 Å². The van der Waals surface area contributed by atoms with E-state index in [2.05, 4.69) is 15.9 Å². The van der Waals surface area contributed by atoms with Gasteiger partial charge in [0, 0.05) is 4.88 Å². The van der Waals surface area contributed by atoms with Crippen LogP contribution in [0.15, 0.2) is 40.2 Å². The van der Waals surface area contributed by atoms with Gasteiger partial charge in [-0.25, -0.2) is 0 Å². The largest absolute Gasteiger partial charge is 0.491 e. The predicted molar refractivity (Wildman–Crippen MR) is 78.3 cm³/mol. The number of aliphatic hydroxyl groups excluding tert-OH is 1. The summed E-state index contributed by atoms with van der Waals surface area (Å²) in [5.74, 6) is 0.789. The lowest BCUT2D eigenvalue weighted by molar-refractivity contribution is 0.220. The van der Waals surface area contributed by atoms with Gasteiger partial charge in [-0.2, -0.15) is 0 Å². The molecule has 2 aromatic rings. The molecule has 0 aliphatic rings. The van der Waals surface area contributed by atoms with Crippen molar-refractivity contribution in [2.24, 2.45) is 0 Å². The van der Waals surface area contributed by atoms with Crippen LogP contribution < -0.4 is 4.74 Å². The van der Waals surface area contributed by atoms with Crippen molar-refractivity contribution in [2.75, 3.05) is 0 Å². The van der Waals surface area contributed by atoms with Crippen LogP contribution in [-0.2, 0) is 0 Å². The van der Waals surface area contributed by atoms with E-state index < -0.39 is 6.10 Å². The van der Waals surface area contributed by atoms with Crippen LogP contribution in [0.2, 0.25) is 0 Å². The predicted octanol–water partition coefficient (Wildman–Crippen LogP) is 4.38. The van der Waals surface area contributed by atoms with Gasteiger partial charge in [0.05, 0.1) is 9.89 Å². The second kappa shape index (κ2) is 5.87. The van der Waals surface area contributed by atoms with E-state index in [9.17, 15) is 5.11 Å². The standard InChI is InChI=1S/C14H15BrO2S/c1-9(2)17-11-5-3-4-10(8-11)14(16)12-6-7-13(15)18-12/h3-9,14,16H,1-2H3. The van der Waals surface area contributed by atoms with Gasteiger partial charge in [0.15, 0.2) is 0 Å². The van der Waals surface area contributed by atoms with E-state index in [0.29, 0.717) is 0 Å². The fourth-order valence-electron chi connectivity index (χ4n) is 1.67. The molecule has 1 unspecified atom stereocenters. The number of hydrogen-bond donors (Lipinski definition) is 1. The zero-order valence-electron chi connectivity index (χ0n) is 10.3. The van der Waals surface area contributed by atoms with Crippen molar-refractivity contribution in [3.05, 3.63) is 50.6 Å². The first kappa shape index (κ1) is 13.6. The summed E-state index contributed by atoms with van der Waals surface area (Å²) < 4.78 is 6.65. The van der Waals surface area contributed by atoms with E-state index in [0.717, 1.165) is 20.0 Å². The van der Waals surface area contributed by atoms with E-state index in [4.69, 9.17) is 4.74 Å². The maximum atomic E-state index is 10.3. The van der Waals surface area contributed by atoms with Gasteiger partial charge in [0.25, 0.3) is 0 Å². The van der Waals surface area contributed by atoms with Crippen molar-refractivity contribution in [3.8, 4) is 5.75 Å². The summed E-state index contributed by atoms with van der Waals surface area (Å²) >= 11 is 4.94. The Hall–Kier alpha value is -0.840. The third-order valence-corrected chi connectivity index (χ3v) is 4.09. The SMILES string of the molecule is CC(C)Oc1cccc(C(O)c2ccc(Br)s2)c1. The number of ether oxygens (including phenoxy) is 1. The first-order chi connectivity index (χ1) is 8.56. The highest BCUT2D eigenvalue weighted by molar-refractivity contribution is 9.11. The summed E-state index contributed by atoms with van der Waals surface area (Å²) in [7, 11) is 0. The summed E-state index contributed by atoms with van der Waals surface area (Å²) in [5, 5.41) is 10.3. The minimum Gasteiger partial charge on any atom is -0.491 e. The molecular formula is C14H15BrO2S. The van der Waals surface area contributed by atoms with E-state index >= 15 is 0 Å². The van der Waals surface area contributed by atoms with Crippen molar-refractivity contribution < 1.29 is 9.84 Å². The lowest BCUT2D eigenvalue weighted by Crippen LogP contribution is -2.06. The van der Waals surface area contributed by atoms with Crippen molar-refractivity contribution in [1.82, 2.24) is 0 Å². The molecule has 1 heterocycles. The van der Waals surface area contributed by atoms with Crippen LogP contribution in [-0.4, -0.2) is 11.2 Å². The number of hydrogen-bond acceptors (Lipinski definition) is 3. The Kier molecular flexibility index (Phi) is 4.43. The molecule has 0 fully saturated rings. The Morgan fingerprint density at radius 2 is 2.00 bits per heavy atom. The zero-order chi connectivity index (χ0) is 13.1. The second-order valence-electron chi connectivity index (χ2n) is 4.28. The summed E-state index contributed by atoms with van der Waals surface area (Å²) in [6, 6.07) is 11.5. The Labute approximate surface area is 119 Å². The monoisotopic (exact) mass is 326 g/mol. The topological polar surface area (TPSA) is 29.5 Å². The van der Waals surface area contributed by atoms with Crippen LogP contribution >= 0.6 is 27.3 Å². The van der Waals surface area contributed by atoms with Gasteiger partial charge < -0.3 is 9.84 Å². The maximum Gasteiger partial charge on any atom is 0.120 e. The Morgan fingerprint density at radius 3 is 2.61 bits per heavy atom. The van der Waals surface area contributed by atoms with E-state index in [1.807, 2.05) is 50.2 Å². The van der Waals surface area contributed by atoms with E-state index in [1.54, 1.807) is 0 Å². The third-order valence-electron chi connectivity index (χ3n) is 2.41. The number of rotatable bonds is 4. The summed E-state index contributed by atoms with van der Waals surface area (Å²) in [6.45, 7) is 3.97. The highest BCUT2D eigenvalue weighted by Gasteiger charge is 2.13.